The lowest BCUT2D eigenvalue weighted by Crippen LogP contribution is -2.40. The number of thiophene rings is 1. The number of carbonyl (C=O) groups is 1. The van der Waals surface area contributed by atoms with Gasteiger partial charge in [-0.3, -0.25) is 9.78 Å². The molecule has 0 spiro atoms. The van der Waals surface area contributed by atoms with E-state index in [9.17, 15) is 13.2 Å². The Labute approximate surface area is 171 Å². The number of nitrogens with zero attached hydrogens (tertiary/aromatic N) is 4. The first kappa shape index (κ1) is 19.7. The van der Waals surface area contributed by atoms with Crippen LogP contribution >= 0.6 is 11.3 Å². The number of piperidine rings is 1. The van der Waals surface area contributed by atoms with Gasteiger partial charge >= 0.3 is 5.97 Å². The standard InChI is InChI=1S/C18H18N4O5S2/c23-18(26-11-16-20-17(27-21-16)14-5-9-28-12-14)13-3-7-22(8-4-13)29(24,25)15-2-1-6-19-10-15/h1-2,5-6,9-10,12-13H,3-4,7-8,11H2. The lowest BCUT2D eigenvalue weighted by Gasteiger charge is -2.29. The van der Waals surface area contributed by atoms with Crippen LogP contribution in [0.1, 0.15) is 18.7 Å². The molecule has 0 radical (unpaired) electrons. The van der Waals surface area contributed by atoms with Gasteiger partial charge in [0, 0.05) is 30.9 Å². The van der Waals surface area contributed by atoms with Gasteiger partial charge < -0.3 is 9.26 Å². The van der Waals surface area contributed by atoms with Crippen LogP contribution in [-0.2, 0) is 26.2 Å². The summed E-state index contributed by atoms with van der Waals surface area (Å²) in [5.74, 6) is -0.0775. The van der Waals surface area contributed by atoms with Crippen LogP contribution in [-0.4, -0.2) is 46.9 Å². The van der Waals surface area contributed by atoms with Crippen molar-refractivity contribution in [2.75, 3.05) is 13.1 Å². The maximum Gasteiger partial charge on any atom is 0.309 e. The average molecular weight is 434 g/mol. The number of hydrogen-bond acceptors (Lipinski definition) is 9. The Bertz CT molecular complexity index is 1060. The highest BCUT2D eigenvalue weighted by atomic mass is 32.2. The number of aromatic nitrogens is 3. The van der Waals surface area contributed by atoms with E-state index in [0.717, 1.165) is 5.56 Å². The van der Waals surface area contributed by atoms with E-state index < -0.39 is 10.0 Å². The van der Waals surface area contributed by atoms with E-state index in [1.54, 1.807) is 6.07 Å². The summed E-state index contributed by atoms with van der Waals surface area (Å²) in [7, 11) is -3.60. The van der Waals surface area contributed by atoms with Crippen LogP contribution in [0.3, 0.4) is 0 Å². The predicted molar refractivity (Wildman–Crippen MR) is 103 cm³/mol. The maximum atomic E-state index is 12.6. The minimum absolute atomic E-state index is 0.0827. The maximum absolute atomic E-state index is 12.6. The number of pyridine rings is 1. The second kappa shape index (κ2) is 8.39. The van der Waals surface area contributed by atoms with Crippen molar-refractivity contribution in [1.29, 1.82) is 0 Å². The van der Waals surface area contributed by atoms with E-state index in [1.807, 2.05) is 16.8 Å². The molecule has 0 atom stereocenters. The third kappa shape index (κ3) is 4.36. The van der Waals surface area contributed by atoms with Crippen LogP contribution in [0, 0.1) is 5.92 Å². The van der Waals surface area contributed by atoms with E-state index in [4.69, 9.17) is 9.26 Å². The molecule has 152 valence electrons. The highest BCUT2D eigenvalue weighted by Crippen LogP contribution is 2.25. The van der Waals surface area contributed by atoms with Gasteiger partial charge in [0.05, 0.1) is 11.5 Å². The number of rotatable bonds is 6. The van der Waals surface area contributed by atoms with Crippen molar-refractivity contribution in [3.05, 3.63) is 47.2 Å². The van der Waals surface area contributed by atoms with Gasteiger partial charge in [-0.2, -0.15) is 20.6 Å². The van der Waals surface area contributed by atoms with Crippen LogP contribution < -0.4 is 0 Å². The van der Waals surface area contributed by atoms with Crippen molar-refractivity contribution in [2.24, 2.45) is 5.92 Å². The Balaban J connectivity index is 1.29. The minimum atomic E-state index is -3.60. The largest absolute Gasteiger partial charge is 0.457 e. The number of esters is 1. The predicted octanol–water partition coefficient (Wildman–Crippen LogP) is 2.34. The van der Waals surface area contributed by atoms with Gasteiger partial charge in [0.1, 0.15) is 4.90 Å². The second-order valence-corrected chi connectivity index (χ2v) is 9.22. The molecule has 1 saturated heterocycles. The van der Waals surface area contributed by atoms with E-state index in [1.165, 1.54) is 34.1 Å². The number of hydrogen-bond donors (Lipinski definition) is 0. The number of carbonyl (C=O) groups excluding carboxylic acids is 1. The second-order valence-electron chi connectivity index (χ2n) is 6.50. The summed E-state index contributed by atoms with van der Waals surface area (Å²) in [6.45, 7) is 0.420. The fraction of sp³-hybridized carbons (Fsp3) is 0.333. The van der Waals surface area contributed by atoms with E-state index in [-0.39, 0.29) is 42.3 Å². The van der Waals surface area contributed by atoms with Crippen LogP contribution in [0.15, 0.2) is 50.8 Å². The van der Waals surface area contributed by atoms with Crippen molar-refractivity contribution < 1.29 is 22.5 Å². The molecule has 9 nitrogen and oxygen atoms in total. The van der Waals surface area contributed by atoms with Gasteiger partial charge in [-0.1, -0.05) is 5.16 Å². The van der Waals surface area contributed by atoms with Gasteiger partial charge in [0.15, 0.2) is 6.61 Å². The van der Waals surface area contributed by atoms with Crippen molar-refractivity contribution in [3.8, 4) is 11.5 Å². The monoisotopic (exact) mass is 434 g/mol. The highest BCUT2D eigenvalue weighted by molar-refractivity contribution is 7.89. The zero-order valence-electron chi connectivity index (χ0n) is 15.3. The topological polar surface area (TPSA) is 115 Å². The third-order valence-electron chi connectivity index (χ3n) is 4.64. The molecule has 1 aliphatic rings. The SMILES string of the molecule is O=C(OCc1noc(-c2ccsc2)n1)C1CCN(S(=O)(=O)c2cccnc2)CC1. The molecule has 3 aromatic heterocycles. The van der Waals surface area contributed by atoms with Crippen LogP contribution in [0.25, 0.3) is 11.5 Å². The quantitative estimate of drug-likeness (QED) is 0.543. The van der Waals surface area contributed by atoms with Gasteiger partial charge in [-0.05, 0) is 36.4 Å². The summed E-state index contributed by atoms with van der Waals surface area (Å²) in [4.78, 5) is 20.6. The van der Waals surface area contributed by atoms with Crippen LogP contribution in [0.2, 0.25) is 0 Å². The normalized spacial score (nSPS) is 16.0. The molecule has 3 aromatic rings. The van der Waals surface area contributed by atoms with Crippen LogP contribution in [0.4, 0.5) is 0 Å². The first-order valence-electron chi connectivity index (χ1n) is 8.96. The van der Waals surface area contributed by atoms with Gasteiger partial charge in [-0.25, -0.2) is 8.42 Å². The first-order chi connectivity index (χ1) is 14.0. The highest BCUT2D eigenvalue weighted by Gasteiger charge is 2.33. The van der Waals surface area contributed by atoms with Crippen LogP contribution in [0.5, 0.6) is 0 Å². The van der Waals surface area contributed by atoms with Crippen molar-refractivity contribution in [3.63, 3.8) is 0 Å². The van der Waals surface area contributed by atoms with Crippen molar-refractivity contribution in [2.45, 2.75) is 24.3 Å². The summed E-state index contributed by atoms with van der Waals surface area (Å²) in [5.41, 5.74) is 0.822. The Hall–Kier alpha value is -2.63. The summed E-state index contributed by atoms with van der Waals surface area (Å²) >= 11 is 1.52. The smallest absolute Gasteiger partial charge is 0.309 e. The summed E-state index contributed by atoms with van der Waals surface area (Å²) < 4.78 is 37.1. The third-order valence-corrected chi connectivity index (χ3v) is 7.20. The lowest BCUT2D eigenvalue weighted by molar-refractivity contribution is -0.151. The number of ether oxygens (including phenoxy) is 1. The van der Waals surface area contributed by atoms with E-state index in [0.29, 0.717) is 18.7 Å². The number of sulfonamides is 1. The Morgan fingerprint density at radius 3 is 2.83 bits per heavy atom. The van der Waals surface area contributed by atoms with E-state index >= 15 is 0 Å². The molecule has 0 unspecified atom stereocenters. The van der Waals surface area contributed by atoms with Crippen molar-refractivity contribution >= 4 is 27.3 Å². The molecule has 0 N–H and O–H groups in total. The zero-order chi connectivity index (χ0) is 20.3. The molecule has 0 bridgehead atoms. The molecule has 0 aromatic carbocycles. The molecule has 4 rings (SSSR count). The zero-order valence-corrected chi connectivity index (χ0v) is 16.9. The molecule has 29 heavy (non-hydrogen) atoms. The van der Waals surface area contributed by atoms with Crippen molar-refractivity contribution in [1.82, 2.24) is 19.4 Å². The summed E-state index contributed by atoms with van der Waals surface area (Å²) in [5, 5.41) is 7.60. The molecule has 0 saturated carbocycles. The fourth-order valence-corrected chi connectivity index (χ4v) is 5.11. The first-order valence-corrected chi connectivity index (χ1v) is 11.3. The molecule has 1 aliphatic heterocycles. The molecular weight excluding hydrogens is 416 g/mol. The molecular formula is C18H18N4O5S2. The summed E-state index contributed by atoms with van der Waals surface area (Å²) in [6.07, 6.45) is 3.63. The fourth-order valence-electron chi connectivity index (χ4n) is 3.05. The Kier molecular flexibility index (Phi) is 5.69. The molecule has 0 amide bonds. The Morgan fingerprint density at radius 1 is 1.31 bits per heavy atom. The molecule has 1 fully saturated rings. The molecule has 0 aliphatic carbocycles. The summed E-state index contributed by atoms with van der Waals surface area (Å²) in [6, 6.07) is 4.96. The van der Waals surface area contributed by atoms with Gasteiger partial charge in [0.2, 0.25) is 15.8 Å². The Morgan fingerprint density at radius 2 is 2.14 bits per heavy atom. The van der Waals surface area contributed by atoms with Gasteiger partial charge in [0.25, 0.3) is 5.89 Å². The molecule has 4 heterocycles. The lowest BCUT2D eigenvalue weighted by atomic mass is 9.98. The van der Waals surface area contributed by atoms with E-state index in [2.05, 4.69) is 15.1 Å². The average Bonchev–Trinajstić information content (AvgIpc) is 3.44. The van der Waals surface area contributed by atoms with Gasteiger partial charge in [-0.15, -0.1) is 0 Å². The molecule has 11 heteroatoms. The minimum Gasteiger partial charge on any atom is -0.457 e.